The fourth-order valence-corrected chi connectivity index (χ4v) is 3.18. The van der Waals surface area contributed by atoms with Crippen LogP contribution in [0, 0.1) is 0 Å². The predicted molar refractivity (Wildman–Crippen MR) is 81.5 cm³/mol. The molecule has 0 aliphatic heterocycles. The standard InChI is InChI=1S/C15H16O3S2/c1-20(17,18)15-8-6-14(7-9-15)19-11-13-4-2-12(10-16)3-5-13/h2-9,16H,10-11H2,1H3. The lowest BCUT2D eigenvalue weighted by Gasteiger charge is -2.04. The van der Waals surface area contributed by atoms with E-state index in [0.29, 0.717) is 4.90 Å². The van der Waals surface area contributed by atoms with E-state index < -0.39 is 9.84 Å². The molecule has 2 aromatic carbocycles. The summed E-state index contributed by atoms with van der Waals surface area (Å²) in [5.74, 6) is 0.809. The van der Waals surface area contributed by atoms with E-state index in [1.165, 1.54) is 11.8 Å². The van der Waals surface area contributed by atoms with Gasteiger partial charge < -0.3 is 5.11 Å². The summed E-state index contributed by atoms with van der Waals surface area (Å²) in [4.78, 5) is 1.37. The monoisotopic (exact) mass is 308 g/mol. The highest BCUT2D eigenvalue weighted by Gasteiger charge is 2.06. The van der Waals surface area contributed by atoms with Gasteiger partial charge in [0.2, 0.25) is 0 Å². The first-order chi connectivity index (χ1) is 9.49. The predicted octanol–water partition coefficient (Wildman–Crippen LogP) is 2.87. The molecule has 0 saturated heterocycles. The summed E-state index contributed by atoms with van der Waals surface area (Å²) in [5.41, 5.74) is 2.07. The fraction of sp³-hybridized carbons (Fsp3) is 0.200. The molecule has 0 spiro atoms. The molecule has 0 atom stereocenters. The maximum absolute atomic E-state index is 11.4. The van der Waals surface area contributed by atoms with E-state index in [0.717, 1.165) is 16.2 Å². The fourth-order valence-electron chi connectivity index (χ4n) is 1.69. The number of aliphatic hydroxyl groups is 1. The highest BCUT2D eigenvalue weighted by atomic mass is 32.2. The third-order valence-corrected chi connectivity index (χ3v) is 5.07. The Balaban J connectivity index is 2.00. The van der Waals surface area contributed by atoms with Crippen molar-refractivity contribution in [3.8, 4) is 0 Å². The second-order valence-electron chi connectivity index (χ2n) is 4.51. The van der Waals surface area contributed by atoms with E-state index >= 15 is 0 Å². The molecule has 0 aliphatic carbocycles. The van der Waals surface area contributed by atoms with Gasteiger partial charge in [-0.1, -0.05) is 24.3 Å². The van der Waals surface area contributed by atoms with Crippen LogP contribution in [0.2, 0.25) is 0 Å². The van der Waals surface area contributed by atoms with Gasteiger partial charge in [-0.3, -0.25) is 0 Å². The van der Waals surface area contributed by atoms with E-state index in [2.05, 4.69) is 0 Å². The van der Waals surface area contributed by atoms with Crippen molar-refractivity contribution >= 4 is 21.6 Å². The zero-order valence-corrected chi connectivity index (χ0v) is 12.7. The minimum Gasteiger partial charge on any atom is -0.392 e. The topological polar surface area (TPSA) is 54.4 Å². The number of thioether (sulfide) groups is 1. The first kappa shape index (κ1) is 15.1. The van der Waals surface area contributed by atoms with E-state index in [4.69, 9.17) is 5.11 Å². The quantitative estimate of drug-likeness (QED) is 0.863. The summed E-state index contributed by atoms with van der Waals surface area (Å²) in [6, 6.07) is 14.7. The molecule has 0 fully saturated rings. The second-order valence-corrected chi connectivity index (χ2v) is 7.57. The Bertz CT molecular complexity index is 659. The van der Waals surface area contributed by atoms with Crippen LogP contribution in [0.4, 0.5) is 0 Å². The van der Waals surface area contributed by atoms with Crippen LogP contribution in [0.15, 0.2) is 58.3 Å². The smallest absolute Gasteiger partial charge is 0.175 e. The number of benzene rings is 2. The molecule has 2 aromatic rings. The van der Waals surface area contributed by atoms with Crippen molar-refractivity contribution in [2.45, 2.75) is 22.2 Å². The number of aliphatic hydroxyl groups excluding tert-OH is 1. The minimum atomic E-state index is -3.13. The van der Waals surface area contributed by atoms with E-state index in [1.807, 2.05) is 36.4 Å². The van der Waals surface area contributed by atoms with Gasteiger partial charge in [-0.2, -0.15) is 0 Å². The molecule has 2 rings (SSSR count). The van der Waals surface area contributed by atoms with Crippen LogP contribution in [0.5, 0.6) is 0 Å². The van der Waals surface area contributed by atoms with E-state index in [-0.39, 0.29) is 6.61 Å². The Morgan fingerprint density at radius 3 is 2.00 bits per heavy atom. The summed E-state index contributed by atoms with van der Waals surface area (Å²) < 4.78 is 22.7. The van der Waals surface area contributed by atoms with Gasteiger partial charge in [0.1, 0.15) is 0 Å². The van der Waals surface area contributed by atoms with Crippen LogP contribution in [0.3, 0.4) is 0 Å². The van der Waals surface area contributed by atoms with Crippen LogP contribution in [0.1, 0.15) is 11.1 Å². The van der Waals surface area contributed by atoms with Crippen LogP contribution in [-0.4, -0.2) is 19.8 Å². The summed E-state index contributed by atoms with van der Waals surface area (Å²) in [6.07, 6.45) is 1.21. The average Bonchev–Trinajstić information content (AvgIpc) is 2.45. The summed E-state index contributed by atoms with van der Waals surface area (Å²) in [6.45, 7) is 0.0559. The first-order valence-electron chi connectivity index (χ1n) is 6.10. The molecule has 0 unspecified atom stereocenters. The Hall–Kier alpha value is -1.30. The van der Waals surface area contributed by atoms with Crippen molar-refractivity contribution in [2.75, 3.05) is 6.26 Å². The van der Waals surface area contributed by atoms with Gasteiger partial charge >= 0.3 is 0 Å². The molecule has 20 heavy (non-hydrogen) atoms. The van der Waals surface area contributed by atoms with Crippen molar-refractivity contribution in [3.63, 3.8) is 0 Å². The lowest BCUT2D eigenvalue weighted by atomic mass is 10.2. The Labute approximate surface area is 123 Å². The largest absolute Gasteiger partial charge is 0.392 e. The molecule has 0 aliphatic rings. The molecule has 3 nitrogen and oxygen atoms in total. The number of hydrogen-bond donors (Lipinski definition) is 1. The normalized spacial score (nSPS) is 11.5. The second kappa shape index (κ2) is 6.43. The van der Waals surface area contributed by atoms with Gasteiger partial charge in [-0.15, -0.1) is 11.8 Å². The lowest BCUT2D eigenvalue weighted by Crippen LogP contribution is -1.95. The third kappa shape index (κ3) is 4.10. The molecule has 106 valence electrons. The third-order valence-electron chi connectivity index (χ3n) is 2.86. The van der Waals surface area contributed by atoms with Crippen LogP contribution in [0.25, 0.3) is 0 Å². The van der Waals surface area contributed by atoms with Gasteiger partial charge in [0, 0.05) is 16.9 Å². The van der Waals surface area contributed by atoms with E-state index in [9.17, 15) is 8.42 Å². The molecule has 0 amide bonds. The van der Waals surface area contributed by atoms with Crippen molar-refractivity contribution < 1.29 is 13.5 Å². The van der Waals surface area contributed by atoms with Gasteiger partial charge in [-0.05, 0) is 35.4 Å². The maximum Gasteiger partial charge on any atom is 0.175 e. The van der Waals surface area contributed by atoms with Crippen molar-refractivity contribution in [1.29, 1.82) is 0 Å². The van der Waals surface area contributed by atoms with E-state index in [1.54, 1.807) is 23.9 Å². The SMILES string of the molecule is CS(=O)(=O)c1ccc(SCc2ccc(CO)cc2)cc1. The minimum absolute atomic E-state index is 0.0559. The van der Waals surface area contributed by atoms with Gasteiger partial charge in [0.25, 0.3) is 0 Å². The molecule has 0 heterocycles. The number of rotatable bonds is 5. The highest BCUT2D eigenvalue weighted by Crippen LogP contribution is 2.24. The maximum atomic E-state index is 11.4. The highest BCUT2D eigenvalue weighted by molar-refractivity contribution is 7.98. The Morgan fingerprint density at radius 1 is 0.950 bits per heavy atom. The zero-order valence-electron chi connectivity index (χ0n) is 11.1. The van der Waals surface area contributed by atoms with Crippen LogP contribution in [-0.2, 0) is 22.2 Å². The number of hydrogen-bond acceptors (Lipinski definition) is 4. The molecule has 0 aromatic heterocycles. The van der Waals surface area contributed by atoms with Gasteiger partial charge in [0.15, 0.2) is 9.84 Å². The molecule has 1 N–H and O–H groups in total. The van der Waals surface area contributed by atoms with Crippen molar-refractivity contribution in [2.24, 2.45) is 0 Å². The van der Waals surface area contributed by atoms with Crippen LogP contribution < -0.4 is 0 Å². The first-order valence-corrected chi connectivity index (χ1v) is 8.98. The summed E-state index contributed by atoms with van der Waals surface area (Å²) in [5, 5.41) is 8.97. The summed E-state index contributed by atoms with van der Waals surface area (Å²) >= 11 is 1.65. The Morgan fingerprint density at radius 2 is 1.50 bits per heavy atom. The molecule has 0 saturated carbocycles. The van der Waals surface area contributed by atoms with Crippen molar-refractivity contribution in [3.05, 3.63) is 59.7 Å². The van der Waals surface area contributed by atoms with Gasteiger partial charge in [-0.25, -0.2) is 8.42 Å². The average molecular weight is 308 g/mol. The zero-order chi connectivity index (χ0) is 14.6. The summed E-state index contributed by atoms with van der Waals surface area (Å²) in [7, 11) is -3.13. The molecule has 0 bridgehead atoms. The van der Waals surface area contributed by atoms with Gasteiger partial charge in [0.05, 0.1) is 11.5 Å². The molecule has 0 radical (unpaired) electrons. The van der Waals surface area contributed by atoms with Crippen LogP contribution >= 0.6 is 11.8 Å². The number of sulfone groups is 1. The lowest BCUT2D eigenvalue weighted by molar-refractivity contribution is 0.282. The Kier molecular flexibility index (Phi) is 4.86. The molecular formula is C15H16O3S2. The van der Waals surface area contributed by atoms with Crippen molar-refractivity contribution in [1.82, 2.24) is 0 Å². The molecular weight excluding hydrogens is 292 g/mol. The molecule has 5 heteroatoms.